The zero-order valence-electron chi connectivity index (χ0n) is 8.62. The summed E-state index contributed by atoms with van der Waals surface area (Å²) in [6, 6.07) is 0.419. The number of hydrogen-bond donors (Lipinski definition) is 2. The molecule has 0 spiro atoms. The summed E-state index contributed by atoms with van der Waals surface area (Å²) in [5.74, 6) is 0.661. The fourth-order valence-electron chi connectivity index (χ4n) is 1.91. The maximum Gasteiger partial charge on any atom is 0.0613 e. The molecule has 0 radical (unpaired) electrons. The van der Waals surface area contributed by atoms with Crippen molar-refractivity contribution in [2.24, 2.45) is 5.92 Å². The number of methoxy groups -OCH3 is 1. The smallest absolute Gasteiger partial charge is 0.0613 e. The van der Waals surface area contributed by atoms with Crippen LogP contribution in [0.4, 0.5) is 0 Å². The van der Waals surface area contributed by atoms with Gasteiger partial charge in [-0.3, -0.25) is 0 Å². The van der Waals surface area contributed by atoms with Crippen LogP contribution in [0.1, 0.15) is 26.2 Å². The molecule has 1 aliphatic rings. The van der Waals surface area contributed by atoms with Crippen LogP contribution in [0.5, 0.6) is 0 Å². The average molecular weight is 187 g/mol. The second-order valence-electron chi connectivity index (χ2n) is 4.10. The van der Waals surface area contributed by atoms with E-state index in [-0.39, 0.29) is 6.10 Å². The fraction of sp³-hybridized carbons (Fsp3) is 1.00. The Bertz CT molecular complexity index is 141. The number of hydrogen-bond acceptors (Lipinski definition) is 3. The van der Waals surface area contributed by atoms with Gasteiger partial charge in [-0.25, -0.2) is 0 Å². The molecule has 3 nitrogen and oxygen atoms in total. The van der Waals surface area contributed by atoms with Crippen molar-refractivity contribution in [3.8, 4) is 0 Å². The molecular weight excluding hydrogens is 166 g/mol. The minimum absolute atomic E-state index is 0.0514. The third-order valence-electron chi connectivity index (χ3n) is 2.69. The molecule has 0 aliphatic heterocycles. The monoisotopic (exact) mass is 187 g/mol. The molecule has 0 aromatic carbocycles. The summed E-state index contributed by atoms with van der Waals surface area (Å²) in [6.45, 7) is 3.89. The van der Waals surface area contributed by atoms with Crippen molar-refractivity contribution in [2.45, 2.75) is 38.3 Å². The van der Waals surface area contributed by atoms with Gasteiger partial charge in [0.2, 0.25) is 0 Å². The van der Waals surface area contributed by atoms with Gasteiger partial charge in [-0.15, -0.1) is 0 Å². The topological polar surface area (TPSA) is 41.5 Å². The van der Waals surface area contributed by atoms with Gasteiger partial charge in [0, 0.05) is 13.2 Å². The lowest BCUT2D eigenvalue weighted by atomic mass is 10.1. The van der Waals surface area contributed by atoms with Crippen molar-refractivity contribution in [2.75, 3.05) is 20.3 Å². The number of aliphatic hydroxyl groups excluding tert-OH is 1. The highest BCUT2D eigenvalue weighted by atomic mass is 16.5. The average Bonchev–Trinajstić information content (AvgIpc) is 2.49. The van der Waals surface area contributed by atoms with Crippen LogP contribution < -0.4 is 5.32 Å². The summed E-state index contributed by atoms with van der Waals surface area (Å²) >= 11 is 0. The van der Waals surface area contributed by atoms with Crippen molar-refractivity contribution < 1.29 is 9.84 Å². The second kappa shape index (κ2) is 5.58. The Morgan fingerprint density at radius 3 is 2.85 bits per heavy atom. The minimum Gasteiger partial charge on any atom is -0.393 e. The molecule has 13 heavy (non-hydrogen) atoms. The molecule has 1 fully saturated rings. The molecule has 2 N–H and O–H groups in total. The first kappa shape index (κ1) is 11.0. The Kier molecular flexibility index (Phi) is 4.70. The maximum absolute atomic E-state index is 9.32. The molecule has 3 heteroatoms. The fourth-order valence-corrected chi connectivity index (χ4v) is 1.91. The molecule has 3 atom stereocenters. The number of rotatable bonds is 5. The van der Waals surface area contributed by atoms with E-state index in [0.29, 0.717) is 12.0 Å². The summed E-state index contributed by atoms with van der Waals surface area (Å²) < 4.78 is 5.03. The summed E-state index contributed by atoms with van der Waals surface area (Å²) in [7, 11) is 1.72. The standard InChI is InChI=1S/C10H21NO2/c1-8(7-13-2)11-6-9-3-4-10(12)5-9/h8-12H,3-7H2,1-2H3. The van der Waals surface area contributed by atoms with Gasteiger partial charge >= 0.3 is 0 Å². The van der Waals surface area contributed by atoms with Crippen molar-refractivity contribution in [1.82, 2.24) is 5.32 Å². The summed E-state index contributed by atoms with van der Waals surface area (Å²) in [5.41, 5.74) is 0. The first-order valence-electron chi connectivity index (χ1n) is 5.12. The highest BCUT2D eigenvalue weighted by molar-refractivity contribution is 4.77. The Balaban J connectivity index is 2.05. The van der Waals surface area contributed by atoms with Crippen LogP contribution in [0.25, 0.3) is 0 Å². The van der Waals surface area contributed by atoms with E-state index in [1.165, 1.54) is 0 Å². The molecule has 0 amide bonds. The number of aliphatic hydroxyl groups is 1. The van der Waals surface area contributed by atoms with Crippen LogP contribution in [0, 0.1) is 5.92 Å². The summed E-state index contributed by atoms with van der Waals surface area (Å²) in [4.78, 5) is 0. The summed E-state index contributed by atoms with van der Waals surface area (Å²) in [6.07, 6.45) is 3.05. The van der Waals surface area contributed by atoms with Gasteiger partial charge < -0.3 is 15.2 Å². The highest BCUT2D eigenvalue weighted by Gasteiger charge is 2.22. The van der Waals surface area contributed by atoms with Crippen LogP contribution in [0.2, 0.25) is 0 Å². The quantitative estimate of drug-likeness (QED) is 0.668. The van der Waals surface area contributed by atoms with E-state index in [9.17, 15) is 5.11 Å². The third-order valence-corrected chi connectivity index (χ3v) is 2.69. The lowest BCUT2D eigenvalue weighted by Crippen LogP contribution is -2.33. The molecule has 78 valence electrons. The normalized spacial score (nSPS) is 30.7. The molecule has 1 saturated carbocycles. The predicted octanol–water partition coefficient (Wildman–Crippen LogP) is 0.772. The van der Waals surface area contributed by atoms with E-state index < -0.39 is 0 Å². The van der Waals surface area contributed by atoms with Gasteiger partial charge in [-0.1, -0.05) is 0 Å². The molecule has 0 heterocycles. The van der Waals surface area contributed by atoms with Crippen LogP contribution in [0.15, 0.2) is 0 Å². The molecule has 1 rings (SSSR count). The van der Waals surface area contributed by atoms with Gasteiger partial charge in [0.1, 0.15) is 0 Å². The van der Waals surface area contributed by atoms with Crippen LogP contribution in [0.3, 0.4) is 0 Å². The van der Waals surface area contributed by atoms with E-state index in [1.807, 2.05) is 0 Å². The van der Waals surface area contributed by atoms with Crippen molar-refractivity contribution in [1.29, 1.82) is 0 Å². The largest absolute Gasteiger partial charge is 0.393 e. The SMILES string of the molecule is COCC(C)NCC1CCC(O)C1. The maximum atomic E-state index is 9.32. The minimum atomic E-state index is -0.0514. The molecule has 0 aromatic rings. The van der Waals surface area contributed by atoms with Crippen LogP contribution in [-0.4, -0.2) is 37.5 Å². The first-order chi connectivity index (χ1) is 6.22. The highest BCUT2D eigenvalue weighted by Crippen LogP contribution is 2.24. The van der Waals surface area contributed by atoms with Gasteiger partial charge in [-0.05, 0) is 38.6 Å². The number of ether oxygens (including phenoxy) is 1. The Labute approximate surface area is 80.5 Å². The Hall–Kier alpha value is -0.120. The second-order valence-corrected chi connectivity index (χ2v) is 4.10. The van der Waals surface area contributed by atoms with Crippen LogP contribution >= 0.6 is 0 Å². The van der Waals surface area contributed by atoms with Gasteiger partial charge in [0.25, 0.3) is 0 Å². The van der Waals surface area contributed by atoms with Crippen molar-refractivity contribution in [3.05, 3.63) is 0 Å². The zero-order valence-corrected chi connectivity index (χ0v) is 8.62. The molecular formula is C10H21NO2. The van der Waals surface area contributed by atoms with Crippen molar-refractivity contribution in [3.63, 3.8) is 0 Å². The van der Waals surface area contributed by atoms with E-state index in [2.05, 4.69) is 12.2 Å². The van der Waals surface area contributed by atoms with Gasteiger partial charge in [0.15, 0.2) is 0 Å². The molecule has 0 aromatic heterocycles. The predicted molar refractivity (Wildman–Crippen MR) is 52.7 cm³/mol. The lowest BCUT2D eigenvalue weighted by molar-refractivity contribution is 0.165. The third kappa shape index (κ3) is 4.07. The van der Waals surface area contributed by atoms with Crippen LogP contribution in [-0.2, 0) is 4.74 Å². The van der Waals surface area contributed by atoms with Gasteiger partial charge in [0.05, 0.1) is 12.7 Å². The van der Waals surface area contributed by atoms with E-state index in [1.54, 1.807) is 7.11 Å². The first-order valence-corrected chi connectivity index (χ1v) is 5.12. The van der Waals surface area contributed by atoms with Crippen molar-refractivity contribution >= 4 is 0 Å². The number of nitrogens with one attached hydrogen (secondary N) is 1. The molecule has 1 aliphatic carbocycles. The molecule has 3 unspecified atom stereocenters. The summed E-state index contributed by atoms with van der Waals surface area (Å²) in [5, 5.41) is 12.7. The Morgan fingerprint density at radius 2 is 2.31 bits per heavy atom. The Morgan fingerprint density at radius 1 is 1.54 bits per heavy atom. The van der Waals surface area contributed by atoms with E-state index in [4.69, 9.17) is 4.74 Å². The molecule has 0 bridgehead atoms. The van der Waals surface area contributed by atoms with Gasteiger partial charge in [-0.2, -0.15) is 0 Å². The molecule has 0 saturated heterocycles. The lowest BCUT2D eigenvalue weighted by Gasteiger charge is -2.16. The van der Waals surface area contributed by atoms with E-state index in [0.717, 1.165) is 32.4 Å². The zero-order chi connectivity index (χ0) is 9.68. The van der Waals surface area contributed by atoms with E-state index >= 15 is 0 Å².